The maximum atomic E-state index is 12.1. The number of halogens is 1. The molecule has 0 spiro atoms. The zero-order valence-electron chi connectivity index (χ0n) is 15.2. The number of nitro groups is 1. The minimum Gasteiger partial charge on any atom is -0.490 e. The molecule has 0 saturated carbocycles. The lowest BCUT2D eigenvalue weighted by Gasteiger charge is -2.15. The Bertz CT molecular complexity index is 845. The number of benzene rings is 2. The van der Waals surface area contributed by atoms with Gasteiger partial charge in [0.15, 0.2) is 5.75 Å². The van der Waals surface area contributed by atoms with Crippen molar-refractivity contribution in [2.75, 3.05) is 37.2 Å². The molecule has 0 bridgehead atoms. The molecule has 2 rings (SSSR count). The predicted molar refractivity (Wildman–Crippen MR) is 110 cm³/mol. The Kier molecular flexibility index (Phi) is 7.32. The summed E-state index contributed by atoms with van der Waals surface area (Å²) in [7, 11) is 5.16. The molecule has 0 atom stereocenters. The number of amides is 1. The number of methoxy groups -OCH3 is 1. The van der Waals surface area contributed by atoms with Gasteiger partial charge >= 0.3 is 5.69 Å². The molecule has 144 valence electrons. The first-order chi connectivity index (χ1) is 12.8. The Labute approximate surface area is 166 Å². The standard InChI is InChI=1S/C18H20ClN3O4S/c1-21(2)15-6-5-13(9-14(15)19)20-18(23)11-27-10-12-4-7-17(26-3)16(8-12)22(24)25/h4-9H,10-11H2,1-3H3,(H,20,23). The topological polar surface area (TPSA) is 84.7 Å². The molecule has 0 aromatic heterocycles. The monoisotopic (exact) mass is 409 g/mol. The van der Waals surface area contributed by atoms with E-state index in [0.717, 1.165) is 11.3 Å². The third-order valence-electron chi connectivity index (χ3n) is 3.66. The number of anilines is 2. The molecule has 1 N–H and O–H groups in total. The Hall–Kier alpha value is -2.45. The number of thioether (sulfide) groups is 1. The van der Waals surface area contributed by atoms with Crippen molar-refractivity contribution in [1.29, 1.82) is 0 Å². The first-order valence-corrected chi connectivity index (χ1v) is 9.51. The second-order valence-electron chi connectivity index (χ2n) is 5.86. The Morgan fingerprint density at radius 3 is 2.63 bits per heavy atom. The van der Waals surface area contributed by atoms with Crippen LogP contribution in [0.4, 0.5) is 17.1 Å². The minimum absolute atomic E-state index is 0.0873. The predicted octanol–water partition coefficient (Wildman–Crippen LogP) is 4.19. The number of hydrogen-bond donors (Lipinski definition) is 1. The van der Waals surface area contributed by atoms with Crippen molar-refractivity contribution < 1.29 is 14.5 Å². The number of nitro benzene ring substituents is 1. The molecule has 1 amide bonds. The van der Waals surface area contributed by atoms with Crippen LogP contribution in [-0.4, -0.2) is 37.8 Å². The summed E-state index contributed by atoms with van der Waals surface area (Å²) < 4.78 is 4.98. The molecule has 2 aromatic carbocycles. The molecule has 0 saturated heterocycles. The van der Waals surface area contributed by atoms with Crippen molar-refractivity contribution in [3.8, 4) is 5.75 Å². The highest BCUT2D eigenvalue weighted by molar-refractivity contribution is 7.99. The maximum absolute atomic E-state index is 12.1. The number of carbonyl (C=O) groups excluding carboxylic acids is 1. The summed E-state index contributed by atoms with van der Waals surface area (Å²) in [5.74, 6) is 0.729. The van der Waals surface area contributed by atoms with Crippen molar-refractivity contribution in [2.24, 2.45) is 0 Å². The second-order valence-corrected chi connectivity index (χ2v) is 7.26. The summed E-state index contributed by atoms with van der Waals surface area (Å²) in [4.78, 5) is 24.5. The highest BCUT2D eigenvalue weighted by Gasteiger charge is 2.15. The van der Waals surface area contributed by atoms with E-state index in [-0.39, 0.29) is 23.1 Å². The van der Waals surface area contributed by atoms with Crippen molar-refractivity contribution in [3.05, 3.63) is 57.1 Å². The van der Waals surface area contributed by atoms with Gasteiger partial charge in [-0.25, -0.2) is 0 Å². The van der Waals surface area contributed by atoms with Crippen molar-refractivity contribution >= 4 is 46.3 Å². The molecule has 0 heterocycles. The van der Waals surface area contributed by atoms with Gasteiger partial charge in [0, 0.05) is 31.6 Å². The summed E-state index contributed by atoms with van der Waals surface area (Å²) >= 11 is 7.56. The van der Waals surface area contributed by atoms with Crippen LogP contribution in [0.3, 0.4) is 0 Å². The van der Waals surface area contributed by atoms with Crippen LogP contribution in [0.1, 0.15) is 5.56 Å². The molecule has 7 nitrogen and oxygen atoms in total. The average Bonchev–Trinajstić information content (AvgIpc) is 2.61. The zero-order valence-corrected chi connectivity index (χ0v) is 16.8. The molecular weight excluding hydrogens is 390 g/mol. The Morgan fingerprint density at radius 1 is 1.30 bits per heavy atom. The summed E-state index contributed by atoms with van der Waals surface area (Å²) in [5, 5.41) is 14.4. The summed E-state index contributed by atoms with van der Waals surface area (Å²) in [5.41, 5.74) is 2.15. The number of ether oxygens (including phenoxy) is 1. The molecular formula is C18H20ClN3O4S. The first-order valence-electron chi connectivity index (χ1n) is 7.97. The largest absolute Gasteiger partial charge is 0.490 e. The van der Waals surface area contributed by atoms with Gasteiger partial charge in [-0.3, -0.25) is 14.9 Å². The smallest absolute Gasteiger partial charge is 0.311 e. The van der Waals surface area contributed by atoms with Crippen LogP contribution in [-0.2, 0) is 10.5 Å². The minimum atomic E-state index is -0.485. The van der Waals surface area contributed by atoms with Gasteiger partial charge < -0.3 is 15.0 Å². The van der Waals surface area contributed by atoms with Gasteiger partial charge in [-0.2, -0.15) is 0 Å². The maximum Gasteiger partial charge on any atom is 0.311 e. The highest BCUT2D eigenvalue weighted by atomic mass is 35.5. The second kappa shape index (κ2) is 9.48. The number of nitrogens with zero attached hydrogens (tertiary/aromatic N) is 2. The fourth-order valence-corrected chi connectivity index (χ4v) is 3.50. The van der Waals surface area contributed by atoms with Crippen LogP contribution in [0, 0.1) is 10.1 Å². The van der Waals surface area contributed by atoms with E-state index in [2.05, 4.69) is 5.32 Å². The van der Waals surface area contributed by atoms with E-state index in [1.54, 1.807) is 24.3 Å². The lowest BCUT2D eigenvalue weighted by atomic mass is 10.2. The van der Waals surface area contributed by atoms with Gasteiger partial charge in [0.25, 0.3) is 0 Å². The lowest BCUT2D eigenvalue weighted by molar-refractivity contribution is -0.385. The molecule has 0 radical (unpaired) electrons. The summed E-state index contributed by atoms with van der Waals surface area (Å²) in [6.45, 7) is 0. The van der Waals surface area contributed by atoms with Gasteiger partial charge in [-0.15, -0.1) is 11.8 Å². The third-order valence-corrected chi connectivity index (χ3v) is 4.96. The highest BCUT2D eigenvalue weighted by Crippen LogP contribution is 2.29. The van der Waals surface area contributed by atoms with E-state index in [4.69, 9.17) is 16.3 Å². The number of carbonyl (C=O) groups is 1. The van der Waals surface area contributed by atoms with Crippen LogP contribution in [0.15, 0.2) is 36.4 Å². The van der Waals surface area contributed by atoms with Gasteiger partial charge in [0.05, 0.1) is 28.5 Å². The Balaban J connectivity index is 1.90. The van der Waals surface area contributed by atoms with Crippen LogP contribution in [0.25, 0.3) is 0 Å². The van der Waals surface area contributed by atoms with Crippen molar-refractivity contribution in [1.82, 2.24) is 0 Å². The van der Waals surface area contributed by atoms with Crippen LogP contribution in [0.2, 0.25) is 5.02 Å². The third kappa shape index (κ3) is 5.77. The number of nitrogens with one attached hydrogen (secondary N) is 1. The SMILES string of the molecule is COc1ccc(CSCC(=O)Nc2ccc(N(C)C)c(Cl)c2)cc1[N+](=O)[O-]. The molecule has 27 heavy (non-hydrogen) atoms. The van der Waals surface area contributed by atoms with E-state index in [1.165, 1.54) is 24.9 Å². The summed E-state index contributed by atoms with van der Waals surface area (Å²) in [6, 6.07) is 10.1. The van der Waals surface area contributed by atoms with E-state index < -0.39 is 4.92 Å². The van der Waals surface area contributed by atoms with Crippen LogP contribution < -0.4 is 15.0 Å². The molecule has 9 heteroatoms. The fraction of sp³-hybridized carbons (Fsp3) is 0.278. The number of rotatable bonds is 8. The van der Waals surface area contributed by atoms with Gasteiger partial charge in [-0.1, -0.05) is 17.7 Å². The quantitative estimate of drug-likeness (QED) is 0.519. The van der Waals surface area contributed by atoms with Crippen LogP contribution >= 0.6 is 23.4 Å². The lowest BCUT2D eigenvalue weighted by Crippen LogP contribution is -2.15. The van der Waals surface area contributed by atoms with E-state index in [9.17, 15) is 14.9 Å². The van der Waals surface area contributed by atoms with Crippen LogP contribution in [0.5, 0.6) is 5.75 Å². The fourth-order valence-electron chi connectivity index (χ4n) is 2.37. The summed E-state index contributed by atoms with van der Waals surface area (Å²) in [6.07, 6.45) is 0. The molecule has 0 fully saturated rings. The van der Waals surface area contributed by atoms with E-state index >= 15 is 0 Å². The van der Waals surface area contributed by atoms with Gasteiger partial charge in [0.1, 0.15) is 0 Å². The van der Waals surface area contributed by atoms with E-state index in [1.807, 2.05) is 25.1 Å². The molecule has 0 unspecified atom stereocenters. The normalized spacial score (nSPS) is 10.4. The number of hydrogen-bond acceptors (Lipinski definition) is 6. The first kappa shape index (κ1) is 20.9. The zero-order chi connectivity index (χ0) is 20.0. The molecule has 2 aromatic rings. The van der Waals surface area contributed by atoms with Gasteiger partial charge in [0.2, 0.25) is 5.91 Å². The van der Waals surface area contributed by atoms with Crippen molar-refractivity contribution in [2.45, 2.75) is 5.75 Å². The van der Waals surface area contributed by atoms with Crippen molar-refractivity contribution in [3.63, 3.8) is 0 Å². The average molecular weight is 410 g/mol. The van der Waals surface area contributed by atoms with Gasteiger partial charge in [-0.05, 0) is 29.8 Å². The molecule has 0 aliphatic heterocycles. The van der Waals surface area contributed by atoms with E-state index in [0.29, 0.717) is 16.5 Å². The molecule has 0 aliphatic carbocycles. The Morgan fingerprint density at radius 2 is 2.04 bits per heavy atom. The molecule has 0 aliphatic rings.